The maximum Gasteiger partial charge on any atom is 0.303 e. The smallest absolute Gasteiger partial charge is 0.303 e. The molecule has 0 aliphatic heterocycles. The monoisotopic (exact) mass is 296 g/mol. The molecule has 0 aliphatic rings. The van der Waals surface area contributed by atoms with E-state index in [1.807, 2.05) is 32.9 Å². The SMILES string of the molecule is CC(=O)OC(C=C(C)CCC=C(C)CO)CC(C)=CCO. The predicted octanol–water partition coefficient (Wildman–Crippen LogP) is 2.91. The number of ether oxygens (including phenoxy) is 1. The third-order valence-electron chi connectivity index (χ3n) is 3.03. The van der Waals surface area contributed by atoms with Crippen LogP contribution in [0.25, 0.3) is 0 Å². The quantitative estimate of drug-likeness (QED) is 0.507. The largest absolute Gasteiger partial charge is 0.458 e. The van der Waals surface area contributed by atoms with Gasteiger partial charge in [-0.25, -0.2) is 0 Å². The van der Waals surface area contributed by atoms with Crippen LogP contribution in [0.15, 0.2) is 34.9 Å². The zero-order valence-electron chi connectivity index (χ0n) is 13.6. The van der Waals surface area contributed by atoms with Crippen molar-refractivity contribution in [1.29, 1.82) is 0 Å². The number of allylic oxidation sites excluding steroid dienone is 2. The van der Waals surface area contributed by atoms with Gasteiger partial charge in [0.05, 0.1) is 13.2 Å². The van der Waals surface area contributed by atoms with Crippen LogP contribution >= 0.6 is 0 Å². The highest BCUT2D eigenvalue weighted by Crippen LogP contribution is 2.15. The molecule has 2 N–H and O–H groups in total. The van der Waals surface area contributed by atoms with Gasteiger partial charge in [0.2, 0.25) is 0 Å². The Balaban J connectivity index is 4.64. The maximum atomic E-state index is 11.2. The highest BCUT2D eigenvalue weighted by atomic mass is 16.5. The van der Waals surface area contributed by atoms with Crippen LogP contribution in [0.2, 0.25) is 0 Å². The summed E-state index contributed by atoms with van der Waals surface area (Å²) < 4.78 is 5.29. The molecule has 0 radical (unpaired) electrons. The number of rotatable bonds is 9. The molecule has 0 spiro atoms. The van der Waals surface area contributed by atoms with E-state index in [0.717, 1.165) is 29.6 Å². The molecule has 0 amide bonds. The summed E-state index contributed by atoms with van der Waals surface area (Å²) in [6, 6.07) is 0. The molecule has 1 atom stereocenters. The van der Waals surface area contributed by atoms with Crippen molar-refractivity contribution >= 4 is 5.97 Å². The lowest BCUT2D eigenvalue weighted by molar-refractivity contribution is -0.144. The lowest BCUT2D eigenvalue weighted by Crippen LogP contribution is -2.15. The van der Waals surface area contributed by atoms with Gasteiger partial charge in [-0.05, 0) is 39.7 Å². The van der Waals surface area contributed by atoms with Gasteiger partial charge in [0.1, 0.15) is 6.10 Å². The molecule has 0 saturated carbocycles. The number of esters is 1. The number of carbonyl (C=O) groups excluding carboxylic acids is 1. The van der Waals surface area contributed by atoms with E-state index in [-0.39, 0.29) is 25.3 Å². The first-order chi connectivity index (χ1) is 9.88. The molecule has 4 nitrogen and oxygen atoms in total. The zero-order valence-corrected chi connectivity index (χ0v) is 13.6. The Hall–Kier alpha value is -1.39. The van der Waals surface area contributed by atoms with Gasteiger partial charge in [-0.15, -0.1) is 0 Å². The van der Waals surface area contributed by atoms with Gasteiger partial charge < -0.3 is 14.9 Å². The van der Waals surface area contributed by atoms with Crippen LogP contribution in [0.3, 0.4) is 0 Å². The maximum absolute atomic E-state index is 11.2. The summed E-state index contributed by atoms with van der Waals surface area (Å²) in [5.41, 5.74) is 3.09. The van der Waals surface area contributed by atoms with Crippen LogP contribution in [0.1, 0.15) is 47.0 Å². The van der Waals surface area contributed by atoms with Gasteiger partial charge in [0, 0.05) is 13.3 Å². The van der Waals surface area contributed by atoms with Crippen LogP contribution in [0, 0.1) is 0 Å². The Kier molecular flexibility index (Phi) is 10.5. The highest BCUT2D eigenvalue weighted by molar-refractivity contribution is 5.66. The summed E-state index contributed by atoms with van der Waals surface area (Å²) in [6.07, 6.45) is 7.68. The predicted molar refractivity (Wildman–Crippen MR) is 84.8 cm³/mol. The third-order valence-corrected chi connectivity index (χ3v) is 3.03. The van der Waals surface area contributed by atoms with Crippen molar-refractivity contribution in [3.05, 3.63) is 34.9 Å². The van der Waals surface area contributed by atoms with E-state index in [9.17, 15) is 4.79 Å². The first-order valence-corrected chi connectivity index (χ1v) is 7.26. The number of carbonyl (C=O) groups is 1. The molecule has 0 aromatic heterocycles. The van der Waals surface area contributed by atoms with Crippen LogP contribution in [0.5, 0.6) is 0 Å². The minimum atomic E-state index is -0.308. The number of aliphatic hydroxyl groups excluding tert-OH is 2. The van der Waals surface area contributed by atoms with Gasteiger partial charge in [-0.3, -0.25) is 4.79 Å². The fourth-order valence-corrected chi connectivity index (χ4v) is 1.92. The first-order valence-electron chi connectivity index (χ1n) is 7.26. The molecule has 0 rings (SSSR count). The van der Waals surface area contributed by atoms with Gasteiger partial charge in [0.15, 0.2) is 0 Å². The van der Waals surface area contributed by atoms with E-state index in [1.165, 1.54) is 6.92 Å². The van der Waals surface area contributed by atoms with Crippen LogP contribution in [-0.4, -0.2) is 35.5 Å². The van der Waals surface area contributed by atoms with Crippen molar-refractivity contribution < 1.29 is 19.7 Å². The van der Waals surface area contributed by atoms with Gasteiger partial charge >= 0.3 is 5.97 Å². The molecule has 0 fully saturated rings. The van der Waals surface area contributed by atoms with Crippen molar-refractivity contribution in [1.82, 2.24) is 0 Å². The molecule has 21 heavy (non-hydrogen) atoms. The van der Waals surface area contributed by atoms with Crippen molar-refractivity contribution in [3.8, 4) is 0 Å². The fraction of sp³-hybridized carbons (Fsp3) is 0.588. The number of hydrogen-bond donors (Lipinski definition) is 2. The summed E-state index contributed by atoms with van der Waals surface area (Å²) in [5.74, 6) is -0.308. The van der Waals surface area contributed by atoms with Crippen molar-refractivity contribution in [2.24, 2.45) is 0 Å². The second kappa shape index (κ2) is 11.3. The van der Waals surface area contributed by atoms with Crippen LogP contribution in [-0.2, 0) is 9.53 Å². The van der Waals surface area contributed by atoms with Gasteiger partial charge in [0.25, 0.3) is 0 Å². The summed E-state index contributed by atoms with van der Waals surface area (Å²) in [7, 11) is 0. The molecule has 120 valence electrons. The van der Waals surface area contributed by atoms with Crippen molar-refractivity contribution in [2.45, 2.75) is 53.1 Å². The standard InChI is InChI=1S/C17H28O4/c1-13(6-5-7-15(3)12-19)10-17(21-16(4)20)11-14(2)8-9-18/h7-8,10,17-19H,5-6,9,11-12H2,1-4H3. The zero-order chi connectivity index (χ0) is 16.3. The molecule has 0 aromatic carbocycles. The molecule has 0 aromatic rings. The van der Waals surface area contributed by atoms with E-state index in [4.69, 9.17) is 14.9 Å². The molecule has 0 aliphatic carbocycles. The van der Waals surface area contributed by atoms with E-state index in [1.54, 1.807) is 6.08 Å². The Labute approximate surface area is 127 Å². The van der Waals surface area contributed by atoms with Crippen LogP contribution < -0.4 is 0 Å². The lowest BCUT2D eigenvalue weighted by Gasteiger charge is -2.15. The Morgan fingerprint density at radius 2 is 1.71 bits per heavy atom. The van der Waals surface area contributed by atoms with E-state index in [2.05, 4.69) is 0 Å². The van der Waals surface area contributed by atoms with Crippen molar-refractivity contribution in [2.75, 3.05) is 13.2 Å². The van der Waals surface area contributed by atoms with E-state index < -0.39 is 0 Å². The molecule has 0 saturated heterocycles. The summed E-state index contributed by atoms with van der Waals surface area (Å²) in [5, 5.41) is 17.8. The topological polar surface area (TPSA) is 66.8 Å². The molecule has 0 heterocycles. The Bertz CT molecular complexity index is 405. The Morgan fingerprint density at radius 1 is 1.05 bits per heavy atom. The third kappa shape index (κ3) is 11.0. The minimum absolute atomic E-state index is 0.00739. The fourth-order valence-electron chi connectivity index (χ4n) is 1.92. The normalized spacial score (nSPS) is 15.0. The average molecular weight is 296 g/mol. The molecule has 1 unspecified atom stereocenters. The average Bonchev–Trinajstić information content (AvgIpc) is 2.37. The van der Waals surface area contributed by atoms with Gasteiger partial charge in [-0.1, -0.05) is 28.9 Å². The highest BCUT2D eigenvalue weighted by Gasteiger charge is 2.10. The van der Waals surface area contributed by atoms with Crippen molar-refractivity contribution in [3.63, 3.8) is 0 Å². The lowest BCUT2D eigenvalue weighted by atomic mass is 10.0. The second-order valence-electron chi connectivity index (χ2n) is 5.35. The molecule has 0 bridgehead atoms. The summed E-state index contributed by atoms with van der Waals surface area (Å²) >= 11 is 0. The molecule has 4 heteroatoms. The second-order valence-corrected chi connectivity index (χ2v) is 5.35. The Morgan fingerprint density at radius 3 is 2.24 bits per heavy atom. The van der Waals surface area contributed by atoms with E-state index in [0.29, 0.717) is 6.42 Å². The molecular formula is C17H28O4. The molecular weight excluding hydrogens is 268 g/mol. The summed E-state index contributed by atoms with van der Waals surface area (Å²) in [6.45, 7) is 7.28. The van der Waals surface area contributed by atoms with E-state index >= 15 is 0 Å². The minimum Gasteiger partial charge on any atom is -0.458 e. The van der Waals surface area contributed by atoms with Gasteiger partial charge in [-0.2, -0.15) is 0 Å². The van der Waals surface area contributed by atoms with Crippen LogP contribution in [0.4, 0.5) is 0 Å². The number of aliphatic hydroxyl groups is 2. The first kappa shape index (κ1) is 19.6. The number of hydrogen-bond acceptors (Lipinski definition) is 4. The summed E-state index contributed by atoms with van der Waals surface area (Å²) in [4.78, 5) is 11.2.